The van der Waals surface area contributed by atoms with Crippen LogP contribution in [0, 0.1) is 6.92 Å². The zero-order chi connectivity index (χ0) is 15.6. The van der Waals surface area contributed by atoms with Gasteiger partial charge in [0.1, 0.15) is 0 Å². The van der Waals surface area contributed by atoms with Crippen molar-refractivity contribution in [2.24, 2.45) is 17.9 Å². The summed E-state index contributed by atoms with van der Waals surface area (Å²) in [5, 5.41) is 11.5. The molecule has 0 saturated carbocycles. The van der Waals surface area contributed by atoms with E-state index in [-0.39, 0.29) is 10.9 Å². The Labute approximate surface area is 122 Å². The molecule has 0 spiro atoms. The van der Waals surface area contributed by atoms with Gasteiger partial charge in [-0.05, 0) is 18.6 Å². The number of sulfonamides is 1. The van der Waals surface area contributed by atoms with Crippen molar-refractivity contribution in [3.05, 3.63) is 41.9 Å². The lowest BCUT2D eigenvalue weighted by molar-refractivity contribution is 0.318. The maximum atomic E-state index is 12.2. The normalized spacial score (nSPS) is 12.4. The quantitative estimate of drug-likeness (QED) is 0.331. The lowest BCUT2D eigenvalue weighted by Crippen LogP contribution is -2.17. The highest BCUT2D eigenvalue weighted by molar-refractivity contribution is 7.92. The van der Waals surface area contributed by atoms with E-state index in [0.717, 1.165) is 0 Å². The molecule has 8 nitrogen and oxygen atoms in total. The summed E-state index contributed by atoms with van der Waals surface area (Å²) in [4.78, 5) is 3.81. The number of aryl methyl sites for hydroxylation is 2. The first kappa shape index (κ1) is 14.9. The first-order valence-electron chi connectivity index (χ1n) is 5.93. The minimum Gasteiger partial charge on any atom is -0.409 e. The Kier molecular flexibility index (Phi) is 3.85. The third-order valence-corrected chi connectivity index (χ3v) is 4.09. The molecule has 2 aromatic rings. The molecule has 9 heteroatoms. The molecule has 112 valence electrons. The highest BCUT2D eigenvalue weighted by Gasteiger charge is 2.18. The number of hydrogen-bond acceptors (Lipinski definition) is 5. The van der Waals surface area contributed by atoms with Gasteiger partial charge in [0.05, 0.1) is 12.0 Å². The molecule has 0 aliphatic heterocycles. The molecule has 0 fully saturated rings. The van der Waals surface area contributed by atoms with Crippen molar-refractivity contribution in [1.29, 1.82) is 0 Å². The number of rotatable bonds is 4. The predicted octanol–water partition coefficient (Wildman–Crippen LogP) is 0.624. The Hall–Kier alpha value is -2.55. The Morgan fingerprint density at radius 1 is 1.48 bits per heavy atom. The summed E-state index contributed by atoms with van der Waals surface area (Å²) in [6.45, 7) is 1.74. The van der Waals surface area contributed by atoms with Gasteiger partial charge in [-0.2, -0.15) is 8.42 Å². The van der Waals surface area contributed by atoms with E-state index in [9.17, 15) is 8.42 Å². The maximum absolute atomic E-state index is 12.2. The summed E-state index contributed by atoms with van der Waals surface area (Å²) in [6.07, 6.45) is 2.79. The van der Waals surface area contributed by atoms with Crippen molar-refractivity contribution in [1.82, 2.24) is 9.55 Å². The molecule has 1 heterocycles. The van der Waals surface area contributed by atoms with E-state index in [2.05, 4.69) is 14.9 Å². The summed E-state index contributed by atoms with van der Waals surface area (Å²) >= 11 is 0. The summed E-state index contributed by atoms with van der Waals surface area (Å²) in [5.74, 6) is -0.103. The van der Waals surface area contributed by atoms with Crippen LogP contribution in [-0.2, 0) is 17.1 Å². The second-order valence-electron chi connectivity index (χ2n) is 4.50. The fourth-order valence-corrected chi connectivity index (χ4v) is 2.78. The first-order valence-corrected chi connectivity index (χ1v) is 7.41. The van der Waals surface area contributed by atoms with Gasteiger partial charge in [-0.3, -0.25) is 4.72 Å². The van der Waals surface area contributed by atoms with Crippen LogP contribution in [0.3, 0.4) is 0 Å². The van der Waals surface area contributed by atoms with Gasteiger partial charge >= 0.3 is 0 Å². The molecule has 1 aromatic carbocycles. The monoisotopic (exact) mass is 309 g/mol. The van der Waals surface area contributed by atoms with E-state index in [4.69, 9.17) is 10.9 Å². The average Bonchev–Trinajstić information content (AvgIpc) is 2.87. The standard InChI is InChI=1S/C12H15N5O3S/c1-8-3-4-9(12(13)15-18)5-10(8)16-21(19,20)11-6-17(2)7-14-11/h3-7,16,18H,1-2H3,(H2,13,15). The largest absolute Gasteiger partial charge is 0.409 e. The topological polar surface area (TPSA) is 123 Å². The molecular weight excluding hydrogens is 294 g/mol. The Morgan fingerprint density at radius 2 is 2.19 bits per heavy atom. The lowest BCUT2D eigenvalue weighted by atomic mass is 10.1. The second kappa shape index (κ2) is 5.44. The van der Waals surface area contributed by atoms with Gasteiger partial charge in [0, 0.05) is 18.8 Å². The van der Waals surface area contributed by atoms with E-state index in [1.54, 1.807) is 26.1 Å². The number of amidine groups is 1. The number of anilines is 1. The smallest absolute Gasteiger partial charge is 0.280 e. The van der Waals surface area contributed by atoms with Crippen LogP contribution >= 0.6 is 0 Å². The number of hydrogen-bond donors (Lipinski definition) is 3. The van der Waals surface area contributed by atoms with E-state index < -0.39 is 10.0 Å². The Bertz CT molecular complexity index is 795. The number of benzene rings is 1. The summed E-state index contributed by atoms with van der Waals surface area (Å²) in [6, 6.07) is 4.79. The predicted molar refractivity (Wildman–Crippen MR) is 77.7 cm³/mol. The van der Waals surface area contributed by atoms with Crippen LogP contribution in [0.25, 0.3) is 0 Å². The highest BCUT2D eigenvalue weighted by Crippen LogP contribution is 2.20. The fraction of sp³-hybridized carbons (Fsp3) is 0.167. The molecule has 0 bridgehead atoms. The second-order valence-corrected chi connectivity index (χ2v) is 6.13. The molecule has 0 aliphatic rings. The van der Waals surface area contributed by atoms with E-state index in [1.807, 2.05) is 0 Å². The van der Waals surface area contributed by atoms with Gasteiger partial charge in [-0.15, -0.1) is 0 Å². The van der Waals surface area contributed by atoms with Crippen LogP contribution in [0.1, 0.15) is 11.1 Å². The van der Waals surface area contributed by atoms with Crippen LogP contribution in [0.15, 0.2) is 40.9 Å². The minimum absolute atomic E-state index is 0.0846. The van der Waals surface area contributed by atoms with Crippen molar-refractivity contribution in [3.63, 3.8) is 0 Å². The number of nitrogens with one attached hydrogen (secondary N) is 1. The number of imidazole rings is 1. The molecular formula is C12H15N5O3S. The third kappa shape index (κ3) is 3.14. The molecule has 0 saturated heterocycles. The van der Waals surface area contributed by atoms with E-state index in [0.29, 0.717) is 16.8 Å². The molecule has 0 unspecified atom stereocenters. The Balaban J connectivity index is 2.39. The van der Waals surface area contributed by atoms with Crippen LogP contribution in [0.5, 0.6) is 0 Å². The van der Waals surface area contributed by atoms with Crippen molar-refractivity contribution in [2.75, 3.05) is 4.72 Å². The zero-order valence-corrected chi connectivity index (χ0v) is 12.3. The molecule has 4 N–H and O–H groups in total. The van der Waals surface area contributed by atoms with Gasteiger partial charge in [-0.25, -0.2) is 4.98 Å². The summed E-state index contributed by atoms with van der Waals surface area (Å²) in [5.41, 5.74) is 6.94. The van der Waals surface area contributed by atoms with Crippen molar-refractivity contribution < 1.29 is 13.6 Å². The fourth-order valence-electron chi connectivity index (χ4n) is 1.67. The van der Waals surface area contributed by atoms with Crippen molar-refractivity contribution in [2.45, 2.75) is 11.9 Å². The van der Waals surface area contributed by atoms with Crippen molar-refractivity contribution in [3.8, 4) is 0 Å². The molecule has 0 aliphatic carbocycles. The first-order chi connectivity index (χ1) is 9.83. The zero-order valence-electron chi connectivity index (χ0n) is 11.5. The molecule has 21 heavy (non-hydrogen) atoms. The minimum atomic E-state index is -3.79. The SMILES string of the molecule is Cc1ccc(C(N)=NO)cc1NS(=O)(=O)c1cn(C)cn1. The van der Waals surface area contributed by atoms with E-state index in [1.165, 1.54) is 23.2 Å². The molecule has 0 radical (unpaired) electrons. The van der Waals surface area contributed by atoms with Gasteiger partial charge in [0.2, 0.25) is 0 Å². The molecule has 2 rings (SSSR count). The number of nitrogens with zero attached hydrogens (tertiary/aromatic N) is 3. The summed E-state index contributed by atoms with van der Waals surface area (Å²) in [7, 11) is -2.11. The molecule has 1 aromatic heterocycles. The number of nitrogens with two attached hydrogens (primary N) is 1. The molecule has 0 atom stereocenters. The van der Waals surface area contributed by atoms with Gasteiger partial charge < -0.3 is 15.5 Å². The maximum Gasteiger partial charge on any atom is 0.280 e. The highest BCUT2D eigenvalue weighted by atomic mass is 32.2. The average molecular weight is 309 g/mol. The van der Waals surface area contributed by atoms with Crippen LogP contribution < -0.4 is 10.5 Å². The number of oxime groups is 1. The van der Waals surface area contributed by atoms with Crippen LogP contribution in [0.4, 0.5) is 5.69 Å². The van der Waals surface area contributed by atoms with Crippen LogP contribution in [-0.4, -0.2) is 29.0 Å². The lowest BCUT2D eigenvalue weighted by Gasteiger charge is -2.10. The van der Waals surface area contributed by atoms with Gasteiger partial charge in [-0.1, -0.05) is 17.3 Å². The van der Waals surface area contributed by atoms with Crippen molar-refractivity contribution >= 4 is 21.5 Å². The summed E-state index contributed by atoms with van der Waals surface area (Å²) < 4.78 is 28.4. The van der Waals surface area contributed by atoms with Gasteiger partial charge in [0.15, 0.2) is 10.9 Å². The number of aromatic nitrogens is 2. The third-order valence-electron chi connectivity index (χ3n) is 2.84. The molecule has 0 amide bonds. The Morgan fingerprint density at radius 3 is 2.76 bits per heavy atom. The van der Waals surface area contributed by atoms with Crippen LogP contribution in [0.2, 0.25) is 0 Å². The van der Waals surface area contributed by atoms with Gasteiger partial charge in [0.25, 0.3) is 10.0 Å². The van der Waals surface area contributed by atoms with E-state index >= 15 is 0 Å².